The maximum atomic E-state index is 13.7. The first-order chi connectivity index (χ1) is 16.8. The quantitative estimate of drug-likeness (QED) is 0.360. The maximum Gasteiger partial charge on any atom is 0.267 e. The molecular formula is C27H28N4O2S2. The highest BCUT2D eigenvalue weighted by molar-refractivity contribution is 8.26. The van der Waals surface area contributed by atoms with Gasteiger partial charge in [-0.05, 0) is 55.9 Å². The third-order valence-corrected chi connectivity index (χ3v) is 8.17. The lowest BCUT2D eigenvalue weighted by molar-refractivity contribution is -0.123. The lowest BCUT2D eigenvalue weighted by atomic mass is 9.99. The smallest absolute Gasteiger partial charge is 0.267 e. The predicted molar refractivity (Wildman–Crippen MR) is 147 cm³/mol. The maximum absolute atomic E-state index is 13.7. The van der Waals surface area contributed by atoms with Crippen molar-refractivity contribution >= 4 is 51.7 Å². The summed E-state index contributed by atoms with van der Waals surface area (Å²) < 4.78 is 2.07. The monoisotopic (exact) mass is 504 g/mol. The molecule has 2 aromatic heterocycles. The molecular weight excluding hydrogens is 476 g/mol. The molecule has 0 unspecified atom stereocenters. The number of rotatable bonds is 4. The van der Waals surface area contributed by atoms with Crippen molar-refractivity contribution in [2.24, 2.45) is 5.92 Å². The molecule has 1 aromatic carbocycles. The fourth-order valence-electron chi connectivity index (χ4n) is 4.66. The fourth-order valence-corrected chi connectivity index (χ4v) is 6.06. The number of hydrogen-bond donors (Lipinski definition) is 0. The highest BCUT2D eigenvalue weighted by Gasteiger charge is 2.36. The first-order valence-corrected chi connectivity index (χ1v) is 13.2. The summed E-state index contributed by atoms with van der Waals surface area (Å²) in [5, 5.41) is 0. The van der Waals surface area contributed by atoms with E-state index in [0.717, 1.165) is 37.1 Å². The van der Waals surface area contributed by atoms with Crippen LogP contribution in [0.1, 0.15) is 49.4 Å². The Morgan fingerprint density at radius 3 is 2.54 bits per heavy atom. The fraction of sp³-hybridized carbons (Fsp3) is 0.333. The molecule has 2 saturated heterocycles. The molecule has 2 aliphatic rings. The molecule has 1 atom stereocenters. The van der Waals surface area contributed by atoms with Gasteiger partial charge >= 0.3 is 0 Å². The Morgan fingerprint density at radius 2 is 1.83 bits per heavy atom. The van der Waals surface area contributed by atoms with E-state index in [2.05, 4.69) is 11.8 Å². The summed E-state index contributed by atoms with van der Waals surface area (Å²) in [6.45, 7) is 7.84. The van der Waals surface area contributed by atoms with Crippen LogP contribution in [-0.4, -0.2) is 37.6 Å². The molecule has 2 fully saturated rings. The number of aryl methyl sites for hydroxylation is 1. The zero-order valence-electron chi connectivity index (χ0n) is 20.1. The molecule has 4 heterocycles. The Labute approximate surface area is 214 Å². The second-order valence-corrected chi connectivity index (χ2v) is 11.1. The molecule has 6 nitrogen and oxygen atoms in total. The number of thiocarbonyl (C=S) groups is 1. The second kappa shape index (κ2) is 9.59. The molecule has 8 heteroatoms. The summed E-state index contributed by atoms with van der Waals surface area (Å²) in [6.07, 6.45) is 5.59. The Balaban J connectivity index is 1.59. The average molecular weight is 505 g/mol. The normalized spacial score (nSPS) is 19.2. The van der Waals surface area contributed by atoms with Crippen LogP contribution in [0.15, 0.2) is 58.4 Å². The van der Waals surface area contributed by atoms with Crippen LogP contribution in [0.2, 0.25) is 0 Å². The number of anilines is 1. The summed E-state index contributed by atoms with van der Waals surface area (Å²) in [4.78, 5) is 36.4. The molecule has 0 bridgehead atoms. The standard InChI is InChI=1S/C27H28N4O2S2/c1-17-11-13-29(14-12-17)24-21(25(32)30-16-18(2)9-10-23(30)28-24)15-22-26(33)31(27(34)35-22)19(3)20-7-5-4-6-8-20/h4-10,15-17,19H,11-14H2,1-3H3/b22-15-/t19-/m0/s1. The number of pyridine rings is 1. The predicted octanol–water partition coefficient (Wildman–Crippen LogP) is 5.20. The van der Waals surface area contributed by atoms with Crippen molar-refractivity contribution in [2.45, 2.75) is 39.7 Å². The number of amides is 1. The zero-order chi connectivity index (χ0) is 24.7. The van der Waals surface area contributed by atoms with Crippen LogP contribution in [0, 0.1) is 12.8 Å². The molecule has 0 radical (unpaired) electrons. The minimum atomic E-state index is -0.198. The van der Waals surface area contributed by atoms with Crippen molar-refractivity contribution < 1.29 is 4.79 Å². The molecule has 3 aromatic rings. The molecule has 180 valence electrons. The minimum Gasteiger partial charge on any atom is -0.356 e. The number of piperidine rings is 1. The number of hydrogen-bond acceptors (Lipinski definition) is 6. The van der Waals surface area contributed by atoms with Crippen molar-refractivity contribution in [2.75, 3.05) is 18.0 Å². The average Bonchev–Trinajstić information content (AvgIpc) is 3.14. The molecule has 0 N–H and O–H groups in total. The van der Waals surface area contributed by atoms with E-state index in [1.807, 2.05) is 56.3 Å². The zero-order valence-corrected chi connectivity index (χ0v) is 21.7. The van der Waals surface area contributed by atoms with Gasteiger partial charge in [0.1, 0.15) is 15.8 Å². The van der Waals surface area contributed by atoms with Crippen LogP contribution in [0.25, 0.3) is 11.7 Å². The topological polar surface area (TPSA) is 57.9 Å². The van der Waals surface area contributed by atoms with Gasteiger partial charge in [-0.2, -0.15) is 0 Å². The van der Waals surface area contributed by atoms with E-state index in [1.165, 1.54) is 11.8 Å². The van der Waals surface area contributed by atoms with Crippen molar-refractivity contribution in [3.8, 4) is 0 Å². The molecule has 0 aliphatic carbocycles. The molecule has 1 amide bonds. The largest absolute Gasteiger partial charge is 0.356 e. The molecule has 0 saturated carbocycles. The first-order valence-electron chi connectivity index (χ1n) is 11.9. The van der Waals surface area contributed by atoms with Gasteiger partial charge in [0.05, 0.1) is 16.5 Å². The van der Waals surface area contributed by atoms with Crippen molar-refractivity contribution in [1.29, 1.82) is 0 Å². The minimum absolute atomic E-state index is 0.173. The molecule has 0 spiro atoms. The Morgan fingerprint density at radius 1 is 1.11 bits per heavy atom. The van der Waals surface area contributed by atoms with E-state index >= 15 is 0 Å². The van der Waals surface area contributed by atoms with E-state index in [-0.39, 0.29) is 17.5 Å². The Hall–Kier alpha value is -2.97. The Kier molecular flexibility index (Phi) is 6.51. The van der Waals surface area contributed by atoms with Gasteiger partial charge in [0.2, 0.25) is 0 Å². The van der Waals surface area contributed by atoms with Gasteiger partial charge in [-0.25, -0.2) is 4.98 Å². The summed E-state index contributed by atoms with van der Waals surface area (Å²) in [5.41, 5.74) is 2.85. The van der Waals surface area contributed by atoms with Gasteiger partial charge in [0.15, 0.2) is 0 Å². The highest BCUT2D eigenvalue weighted by Crippen LogP contribution is 2.38. The van der Waals surface area contributed by atoms with E-state index in [9.17, 15) is 9.59 Å². The van der Waals surface area contributed by atoms with Crippen LogP contribution >= 0.6 is 24.0 Å². The lowest BCUT2D eigenvalue weighted by Crippen LogP contribution is -2.36. The number of fused-ring (bicyclic) bond motifs is 1. The lowest BCUT2D eigenvalue weighted by Gasteiger charge is -2.32. The number of aromatic nitrogens is 2. The van der Waals surface area contributed by atoms with Crippen LogP contribution < -0.4 is 10.5 Å². The first kappa shape index (κ1) is 23.8. The van der Waals surface area contributed by atoms with E-state index in [4.69, 9.17) is 17.2 Å². The number of carbonyl (C=O) groups excluding carboxylic acids is 1. The third-order valence-electron chi connectivity index (χ3n) is 6.84. The summed E-state index contributed by atoms with van der Waals surface area (Å²) >= 11 is 6.85. The van der Waals surface area contributed by atoms with Crippen LogP contribution in [0.4, 0.5) is 5.82 Å². The second-order valence-electron chi connectivity index (χ2n) is 9.40. The van der Waals surface area contributed by atoms with E-state index < -0.39 is 0 Å². The van der Waals surface area contributed by atoms with E-state index in [1.54, 1.807) is 21.6 Å². The van der Waals surface area contributed by atoms with Gasteiger partial charge in [-0.3, -0.25) is 18.9 Å². The summed E-state index contributed by atoms with van der Waals surface area (Å²) in [6, 6.07) is 13.5. The molecule has 35 heavy (non-hydrogen) atoms. The van der Waals surface area contributed by atoms with Crippen LogP contribution in [-0.2, 0) is 4.79 Å². The molecule has 2 aliphatic heterocycles. The van der Waals surface area contributed by atoms with Gasteiger partial charge in [-0.15, -0.1) is 0 Å². The van der Waals surface area contributed by atoms with Gasteiger partial charge in [0.25, 0.3) is 11.5 Å². The van der Waals surface area contributed by atoms with Gasteiger partial charge < -0.3 is 4.90 Å². The van der Waals surface area contributed by atoms with Gasteiger partial charge in [-0.1, -0.05) is 67.3 Å². The van der Waals surface area contributed by atoms with Crippen molar-refractivity contribution in [3.63, 3.8) is 0 Å². The van der Waals surface area contributed by atoms with Gasteiger partial charge in [0, 0.05) is 19.3 Å². The number of thioether (sulfide) groups is 1. The third kappa shape index (κ3) is 4.52. The summed E-state index contributed by atoms with van der Waals surface area (Å²) in [5.74, 6) is 1.12. The molecule has 5 rings (SSSR count). The summed E-state index contributed by atoms with van der Waals surface area (Å²) in [7, 11) is 0. The highest BCUT2D eigenvalue weighted by atomic mass is 32.2. The number of carbonyl (C=O) groups is 1. The number of nitrogens with zero attached hydrogens (tertiary/aromatic N) is 4. The van der Waals surface area contributed by atoms with Crippen LogP contribution in [0.5, 0.6) is 0 Å². The number of benzene rings is 1. The van der Waals surface area contributed by atoms with Crippen molar-refractivity contribution in [3.05, 3.63) is 80.6 Å². The van der Waals surface area contributed by atoms with Crippen molar-refractivity contribution in [1.82, 2.24) is 14.3 Å². The Bertz CT molecular complexity index is 1390. The van der Waals surface area contributed by atoms with E-state index in [0.29, 0.717) is 32.2 Å². The van der Waals surface area contributed by atoms with Crippen LogP contribution in [0.3, 0.4) is 0 Å². The SMILES string of the molecule is Cc1ccc2nc(N3CCC(C)CC3)c(/C=C3\SC(=S)N([C@@H](C)c4ccccc4)C3=O)c(=O)n2c1.